The van der Waals surface area contributed by atoms with Crippen molar-refractivity contribution in [2.45, 2.75) is 6.42 Å². The Kier molecular flexibility index (Phi) is 2.71. The van der Waals surface area contributed by atoms with Crippen molar-refractivity contribution in [3.63, 3.8) is 0 Å². The van der Waals surface area contributed by atoms with E-state index in [0.717, 1.165) is 0 Å². The smallest absolute Gasteiger partial charge is 0.354 e. The molecule has 64 valence electrons. The molecule has 1 heterocycles. The van der Waals surface area contributed by atoms with Crippen LogP contribution in [0.15, 0.2) is 12.3 Å². The lowest BCUT2D eigenvalue weighted by Crippen LogP contribution is -2.09. The van der Waals surface area contributed by atoms with Gasteiger partial charge in [0.05, 0.1) is 0 Å². The van der Waals surface area contributed by atoms with Gasteiger partial charge in [-0.3, -0.25) is 0 Å². The molecular formula is C7H9N3O2. The second kappa shape index (κ2) is 3.77. The molecule has 0 aromatic carbocycles. The van der Waals surface area contributed by atoms with Crippen LogP contribution in [-0.2, 0) is 6.42 Å². The molecule has 1 aromatic heterocycles. The van der Waals surface area contributed by atoms with Crippen molar-refractivity contribution in [3.8, 4) is 0 Å². The molecule has 0 bridgehead atoms. The standard InChI is InChI=1S/C7H9N3O2/c8-3-1-6-9-4-2-5(10-6)7(11)12/h2,4H,1,3,8H2,(H,11,12). The van der Waals surface area contributed by atoms with Gasteiger partial charge in [0, 0.05) is 12.6 Å². The number of aromatic nitrogens is 2. The van der Waals surface area contributed by atoms with E-state index in [9.17, 15) is 4.79 Å². The first-order valence-corrected chi connectivity index (χ1v) is 3.49. The first kappa shape index (κ1) is 8.61. The summed E-state index contributed by atoms with van der Waals surface area (Å²) in [4.78, 5) is 18.1. The number of carboxylic acid groups (broad SMARTS) is 1. The normalized spacial score (nSPS) is 9.75. The van der Waals surface area contributed by atoms with Gasteiger partial charge >= 0.3 is 5.97 Å². The van der Waals surface area contributed by atoms with Crippen LogP contribution in [-0.4, -0.2) is 27.6 Å². The monoisotopic (exact) mass is 167 g/mol. The molecule has 5 nitrogen and oxygen atoms in total. The van der Waals surface area contributed by atoms with Gasteiger partial charge in [0.15, 0.2) is 5.69 Å². The number of nitrogens with two attached hydrogens (primary N) is 1. The van der Waals surface area contributed by atoms with Gasteiger partial charge in [-0.25, -0.2) is 14.8 Å². The van der Waals surface area contributed by atoms with E-state index in [4.69, 9.17) is 10.8 Å². The van der Waals surface area contributed by atoms with Gasteiger partial charge in [0.25, 0.3) is 0 Å². The summed E-state index contributed by atoms with van der Waals surface area (Å²) >= 11 is 0. The zero-order valence-electron chi connectivity index (χ0n) is 6.40. The van der Waals surface area contributed by atoms with E-state index in [1.54, 1.807) is 0 Å². The van der Waals surface area contributed by atoms with Crippen LogP contribution in [0.5, 0.6) is 0 Å². The van der Waals surface area contributed by atoms with Crippen molar-refractivity contribution in [3.05, 3.63) is 23.8 Å². The summed E-state index contributed by atoms with van der Waals surface area (Å²) in [6, 6.07) is 1.35. The zero-order valence-corrected chi connectivity index (χ0v) is 6.40. The third kappa shape index (κ3) is 2.00. The SMILES string of the molecule is NCCc1nccc(C(=O)O)n1. The summed E-state index contributed by atoms with van der Waals surface area (Å²) in [6.45, 7) is 0.420. The highest BCUT2D eigenvalue weighted by Gasteiger charge is 2.04. The van der Waals surface area contributed by atoms with Crippen LogP contribution in [0, 0.1) is 0 Å². The Hall–Kier alpha value is -1.49. The summed E-state index contributed by atoms with van der Waals surface area (Å²) in [5.74, 6) is -0.576. The van der Waals surface area contributed by atoms with Gasteiger partial charge in [-0.2, -0.15) is 0 Å². The fourth-order valence-corrected chi connectivity index (χ4v) is 0.768. The quantitative estimate of drug-likeness (QED) is 0.643. The summed E-state index contributed by atoms with van der Waals surface area (Å²) in [5.41, 5.74) is 5.27. The first-order valence-electron chi connectivity index (χ1n) is 3.49. The summed E-state index contributed by atoms with van der Waals surface area (Å²) < 4.78 is 0. The zero-order chi connectivity index (χ0) is 8.97. The highest BCUT2D eigenvalue weighted by Crippen LogP contribution is 1.95. The largest absolute Gasteiger partial charge is 0.477 e. The van der Waals surface area contributed by atoms with Gasteiger partial charge in [-0.15, -0.1) is 0 Å². The maximum absolute atomic E-state index is 10.4. The Labute approximate surface area is 69.3 Å². The molecule has 0 unspecified atom stereocenters. The van der Waals surface area contributed by atoms with Crippen molar-refractivity contribution in [2.75, 3.05) is 6.54 Å². The first-order chi connectivity index (χ1) is 5.74. The van der Waals surface area contributed by atoms with Crippen LogP contribution in [0.3, 0.4) is 0 Å². The molecule has 0 atom stereocenters. The molecule has 0 aliphatic carbocycles. The van der Waals surface area contributed by atoms with Gasteiger partial charge < -0.3 is 10.8 Å². The fourth-order valence-electron chi connectivity index (χ4n) is 0.768. The number of hydrogen-bond acceptors (Lipinski definition) is 4. The minimum absolute atomic E-state index is 0.00782. The number of carboxylic acids is 1. The summed E-state index contributed by atoms with van der Waals surface area (Å²) in [6.07, 6.45) is 1.92. The molecule has 0 amide bonds. The van der Waals surface area contributed by atoms with Crippen molar-refractivity contribution in [2.24, 2.45) is 5.73 Å². The summed E-state index contributed by atoms with van der Waals surface area (Å²) in [5, 5.41) is 8.56. The van der Waals surface area contributed by atoms with Crippen molar-refractivity contribution in [1.82, 2.24) is 9.97 Å². The minimum Gasteiger partial charge on any atom is -0.477 e. The average molecular weight is 167 g/mol. The molecule has 0 aliphatic heterocycles. The van der Waals surface area contributed by atoms with E-state index >= 15 is 0 Å². The molecule has 12 heavy (non-hydrogen) atoms. The van der Waals surface area contributed by atoms with Crippen LogP contribution in [0.25, 0.3) is 0 Å². The lowest BCUT2D eigenvalue weighted by Gasteiger charge is -1.97. The maximum Gasteiger partial charge on any atom is 0.354 e. The topological polar surface area (TPSA) is 89.1 Å². The number of aromatic carboxylic acids is 1. The third-order valence-electron chi connectivity index (χ3n) is 1.29. The molecule has 0 fully saturated rings. The van der Waals surface area contributed by atoms with E-state index in [-0.39, 0.29) is 5.69 Å². The maximum atomic E-state index is 10.4. The number of rotatable bonds is 3. The molecular weight excluding hydrogens is 158 g/mol. The average Bonchev–Trinajstić information content (AvgIpc) is 2.05. The van der Waals surface area contributed by atoms with Gasteiger partial charge in [0.2, 0.25) is 0 Å². The Morgan fingerprint density at radius 1 is 1.67 bits per heavy atom. The van der Waals surface area contributed by atoms with E-state index in [1.165, 1.54) is 12.3 Å². The van der Waals surface area contributed by atoms with E-state index in [0.29, 0.717) is 18.8 Å². The Morgan fingerprint density at radius 2 is 2.42 bits per heavy atom. The van der Waals surface area contributed by atoms with Crippen LogP contribution >= 0.6 is 0 Å². The van der Waals surface area contributed by atoms with Crippen LogP contribution in [0.4, 0.5) is 0 Å². The van der Waals surface area contributed by atoms with Crippen molar-refractivity contribution in [1.29, 1.82) is 0 Å². The lowest BCUT2D eigenvalue weighted by molar-refractivity contribution is 0.0690. The van der Waals surface area contributed by atoms with Crippen molar-refractivity contribution < 1.29 is 9.90 Å². The van der Waals surface area contributed by atoms with Gasteiger partial charge in [0.1, 0.15) is 5.82 Å². The summed E-state index contributed by atoms with van der Waals surface area (Å²) in [7, 11) is 0. The molecule has 3 N–H and O–H groups in total. The van der Waals surface area contributed by atoms with Crippen LogP contribution in [0.2, 0.25) is 0 Å². The predicted octanol–water partition coefficient (Wildman–Crippen LogP) is -0.324. The van der Waals surface area contributed by atoms with Gasteiger partial charge in [-0.1, -0.05) is 0 Å². The molecule has 0 radical (unpaired) electrons. The third-order valence-corrected chi connectivity index (χ3v) is 1.29. The van der Waals surface area contributed by atoms with E-state index in [1.807, 2.05) is 0 Å². The van der Waals surface area contributed by atoms with Crippen LogP contribution in [0.1, 0.15) is 16.3 Å². The molecule has 0 aliphatic rings. The Balaban J connectivity index is 2.88. The number of carbonyl (C=O) groups is 1. The number of hydrogen-bond donors (Lipinski definition) is 2. The second-order valence-electron chi connectivity index (χ2n) is 2.20. The minimum atomic E-state index is -1.05. The Bertz CT molecular complexity index is 288. The molecule has 1 rings (SSSR count). The van der Waals surface area contributed by atoms with E-state index < -0.39 is 5.97 Å². The van der Waals surface area contributed by atoms with Gasteiger partial charge in [-0.05, 0) is 12.6 Å². The highest BCUT2D eigenvalue weighted by molar-refractivity contribution is 5.85. The fraction of sp³-hybridized carbons (Fsp3) is 0.286. The van der Waals surface area contributed by atoms with Crippen molar-refractivity contribution >= 4 is 5.97 Å². The lowest BCUT2D eigenvalue weighted by atomic mass is 10.3. The van der Waals surface area contributed by atoms with Crippen LogP contribution < -0.4 is 5.73 Å². The number of nitrogens with zero attached hydrogens (tertiary/aromatic N) is 2. The molecule has 0 spiro atoms. The predicted molar refractivity (Wildman–Crippen MR) is 41.7 cm³/mol. The second-order valence-corrected chi connectivity index (χ2v) is 2.20. The highest BCUT2D eigenvalue weighted by atomic mass is 16.4. The molecule has 5 heteroatoms. The molecule has 1 aromatic rings. The molecule has 0 saturated heterocycles. The Morgan fingerprint density at radius 3 is 3.00 bits per heavy atom. The van der Waals surface area contributed by atoms with E-state index in [2.05, 4.69) is 9.97 Å². The molecule has 0 saturated carbocycles.